The Kier molecular flexibility index (Phi) is 8.83. The topological polar surface area (TPSA) is 67.6 Å². The number of hydrogen-bond donors (Lipinski definition) is 1. The van der Waals surface area contributed by atoms with Crippen molar-refractivity contribution in [2.24, 2.45) is 15.0 Å². The third-order valence-corrected chi connectivity index (χ3v) is 9.83. The van der Waals surface area contributed by atoms with E-state index in [2.05, 4.69) is 102 Å². The molecule has 0 fully saturated rings. The summed E-state index contributed by atoms with van der Waals surface area (Å²) in [6.07, 6.45) is 1.88. The lowest BCUT2D eigenvalue weighted by Gasteiger charge is -2.45. The number of nitrogens with one attached hydrogen (secondary N) is 1. The SMILES string of the molecule is CCOc1ccccc1C1(C2(c3ccccc3OCC)N=C(c3ccccc3)C(c3ccccc3)(c3ccccc3)N2)N=CC(c2ccccc2)=N1. The van der Waals surface area contributed by atoms with Gasteiger partial charge in [0, 0.05) is 16.7 Å². The first-order valence-electron chi connectivity index (χ1n) is 17.9. The fraction of sp³-hybridized carbons (Fsp3) is 0.152. The number of ether oxygens (including phenoxy) is 2. The van der Waals surface area contributed by atoms with E-state index in [0.29, 0.717) is 24.7 Å². The molecular weight excluding hydrogens is 641 g/mol. The van der Waals surface area contributed by atoms with Crippen LogP contribution in [0.15, 0.2) is 185 Å². The van der Waals surface area contributed by atoms with E-state index in [1.165, 1.54) is 0 Å². The largest absolute Gasteiger partial charge is 0.493 e. The fourth-order valence-electron chi connectivity index (χ4n) is 7.64. The van der Waals surface area contributed by atoms with Gasteiger partial charge in [0.25, 0.3) is 0 Å². The molecule has 6 aromatic carbocycles. The number of para-hydroxylation sites is 2. The van der Waals surface area contributed by atoms with Gasteiger partial charge in [0.2, 0.25) is 5.66 Å². The third kappa shape index (κ3) is 5.35. The zero-order valence-electron chi connectivity index (χ0n) is 29.3. The molecule has 0 radical (unpaired) electrons. The second kappa shape index (κ2) is 13.9. The maximum absolute atomic E-state index is 6.48. The van der Waals surface area contributed by atoms with E-state index in [9.17, 15) is 0 Å². The molecule has 2 heterocycles. The van der Waals surface area contributed by atoms with Crippen molar-refractivity contribution in [3.63, 3.8) is 0 Å². The van der Waals surface area contributed by atoms with Crippen LogP contribution >= 0.6 is 0 Å². The van der Waals surface area contributed by atoms with Gasteiger partial charge in [-0.25, -0.2) is 4.99 Å². The second-order valence-electron chi connectivity index (χ2n) is 12.8. The van der Waals surface area contributed by atoms with Crippen LogP contribution < -0.4 is 14.8 Å². The number of hydrogen-bond acceptors (Lipinski definition) is 6. The Morgan fingerprint density at radius 1 is 0.500 bits per heavy atom. The van der Waals surface area contributed by atoms with Gasteiger partial charge in [-0.3, -0.25) is 15.3 Å². The number of rotatable bonds is 11. The summed E-state index contributed by atoms with van der Waals surface area (Å²) in [6, 6.07) is 57.9. The Labute approximate surface area is 305 Å². The Bertz CT molecular complexity index is 2220. The predicted octanol–water partition coefficient (Wildman–Crippen LogP) is 9.10. The molecule has 2 atom stereocenters. The van der Waals surface area contributed by atoms with Gasteiger partial charge in [-0.2, -0.15) is 0 Å². The Balaban J connectivity index is 1.56. The van der Waals surface area contributed by atoms with Crippen LogP contribution in [0.5, 0.6) is 11.5 Å². The molecule has 256 valence electrons. The van der Waals surface area contributed by atoms with Gasteiger partial charge in [0.05, 0.1) is 30.9 Å². The highest BCUT2D eigenvalue weighted by Gasteiger charge is 2.66. The zero-order chi connectivity index (χ0) is 35.4. The van der Waals surface area contributed by atoms with Crippen LogP contribution in [0.2, 0.25) is 0 Å². The molecule has 0 aromatic heterocycles. The van der Waals surface area contributed by atoms with Crippen molar-refractivity contribution in [3.8, 4) is 11.5 Å². The van der Waals surface area contributed by atoms with Gasteiger partial charge < -0.3 is 9.47 Å². The van der Waals surface area contributed by atoms with Crippen LogP contribution in [0.1, 0.15) is 47.2 Å². The highest BCUT2D eigenvalue weighted by molar-refractivity contribution is 6.39. The van der Waals surface area contributed by atoms with E-state index < -0.39 is 16.9 Å². The molecule has 6 heteroatoms. The quantitative estimate of drug-likeness (QED) is 0.149. The van der Waals surface area contributed by atoms with Gasteiger partial charge >= 0.3 is 0 Å². The first kappa shape index (κ1) is 33.1. The molecular formula is C46H40N4O2. The van der Waals surface area contributed by atoms with Crippen LogP contribution in [-0.4, -0.2) is 30.9 Å². The monoisotopic (exact) mass is 680 g/mol. The van der Waals surface area contributed by atoms with E-state index in [1.807, 2.05) is 92.9 Å². The zero-order valence-corrected chi connectivity index (χ0v) is 29.3. The molecule has 0 bridgehead atoms. The van der Waals surface area contributed by atoms with Crippen LogP contribution in [0.3, 0.4) is 0 Å². The molecule has 0 saturated heterocycles. The maximum atomic E-state index is 6.48. The molecule has 0 amide bonds. The minimum atomic E-state index is -1.40. The molecule has 6 aromatic rings. The van der Waals surface area contributed by atoms with Gasteiger partial charge in [-0.1, -0.05) is 158 Å². The van der Waals surface area contributed by atoms with Gasteiger partial charge in [0.15, 0.2) is 5.66 Å². The lowest BCUT2D eigenvalue weighted by atomic mass is 9.75. The van der Waals surface area contributed by atoms with Crippen molar-refractivity contribution in [1.29, 1.82) is 0 Å². The van der Waals surface area contributed by atoms with E-state index in [4.69, 9.17) is 24.5 Å². The highest BCUT2D eigenvalue weighted by Crippen LogP contribution is 2.58. The first-order chi connectivity index (χ1) is 25.6. The van der Waals surface area contributed by atoms with Crippen molar-refractivity contribution >= 4 is 17.6 Å². The highest BCUT2D eigenvalue weighted by atomic mass is 16.5. The number of nitrogens with zero attached hydrogens (tertiary/aromatic N) is 3. The molecule has 2 aliphatic rings. The minimum Gasteiger partial charge on any atom is -0.493 e. The summed E-state index contributed by atoms with van der Waals surface area (Å²) in [5.74, 6) is 1.38. The van der Waals surface area contributed by atoms with E-state index >= 15 is 0 Å². The summed E-state index contributed by atoms with van der Waals surface area (Å²) >= 11 is 0. The molecule has 2 aliphatic heterocycles. The lowest BCUT2D eigenvalue weighted by molar-refractivity contribution is 0.168. The average molecular weight is 681 g/mol. The molecule has 0 spiro atoms. The molecule has 8 rings (SSSR count). The van der Waals surface area contributed by atoms with E-state index in [-0.39, 0.29) is 0 Å². The lowest BCUT2D eigenvalue weighted by Crippen LogP contribution is -2.59. The van der Waals surface area contributed by atoms with Crippen LogP contribution in [-0.2, 0) is 16.9 Å². The predicted molar refractivity (Wildman–Crippen MR) is 210 cm³/mol. The standard InChI is InChI=1S/C46H40N4O2/c1-3-51-41-31-19-17-29-38(41)45(47-33-40(48-45)34-21-9-5-10-22-34)46(39-30-18-20-32-42(39)52-4-2)49-43(35-23-11-6-12-24-35)44(50-46,36-25-13-7-14-26-36)37-27-15-8-16-28-37/h5-33,50H,3-4H2,1-2H3. The molecule has 6 nitrogen and oxygen atoms in total. The van der Waals surface area contributed by atoms with E-state index in [1.54, 1.807) is 0 Å². The van der Waals surface area contributed by atoms with Crippen LogP contribution in [0.25, 0.3) is 0 Å². The normalized spacial score (nSPS) is 20.3. The second-order valence-corrected chi connectivity index (χ2v) is 12.8. The Hall–Kier alpha value is -6.11. The smallest absolute Gasteiger partial charge is 0.222 e. The van der Waals surface area contributed by atoms with E-state index in [0.717, 1.165) is 44.8 Å². The molecule has 1 N–H and O–H groups in total. The third-order valence-electron chi connectivity index (χ3n) is 9.83. The van der Waals surface area contributed by atoms with Crippen molar-refractivity contribution in [2.45, 2.75) is 30.7 Å². The summed E-state index contributed by atoms with van der Waals surface area (Å²) in [7, 11) is 0. The average Bonchev–Trinajstić information content (AvgIpc) is 3.84. The van der Waals surface area contributed by atoms with Gasteiger partial charge in [-0.05, 0) is 42.7 Å². The first-order valence-corrected chi connectivity index (χ1v) is 17.9. The Morgan fingerprint density at radius 3 is 1.52 bits per heavy atom. The number of aliphatic imine (C=N–C) groups is 3. The molecule has 2 unspecified atom stereocenters. The van der Waals surface area contributed by atoms with Crippen molar-refractivity contribution < 1.29 is 9.47 Å². The van der Waals surface area contributed by atoms with Crippen molar-refractivity contribution in [3.05, 3.63) is 203 Å². The van der Waals surface area contributed by atoms with Gasteiger partial charge in [-0.15, -0.1) is 0 Å². The summed E-state index contributed by atoms with van der Waals surface area (Å²) in [4.78, 5) is 17.2. The van der Waals surface area contributed by atoms with Crippen molar-refractivity contribution in [1.82, 2.24) is 5.32 Å². The summed E-state index contributed by atoms with van der Waals surface area (Å²) in [5.41, 5.74) is 3.42. The van der Waals surface area contributed by atoms with Crippen LogP contribution in [0, 0.1) is 0 Å². The van der Waals surface area contributed by atoms with Crippen LogP contribution in [0.4, 0.5) is 0 Å². The fourth-order valence-corrected chi connectivity index (χ4v) is 7.64. The molecule has 52 heavy (non-hydrogen) atoms. The minimum absolute atomic E-state index is 0.467. The maximum Gasteiger partial charge on any atom is 0.222 e. The summed E-state index contributed by atoms with van der Waals surface area (Å²) in [6.45, 7) is 4.94. The Morgan fingerprint density at radius 2 is 0.962 bits per heavy atom. The summed E-state index contributed by atoms with van der Waals surface area (Å²) in [5, 5.41) is 4.28. The molecule has 0 saturated carbocycles. The molecule has 0 aliphatic carbocycles. The van der Waals surface area contributed by atoms with Gasteiger partial charge in [0.1, 0.15) is 17.0 Å². The number of benzene rings is 6. The van der Waals surface area contributed by atoms with Crippen molar-refractivity contribution in [2.75, 3.05) is 13.2 Å². The summed E-state index contributed by atoms with van der Waals surface area (Å²) < 4.78 is 12.9.